The molecular weight excluding hydrogens is 328 g/mol. The van der Waals surface area contributed by atoms with Crippen molar-refractivity contribution in [3.63, 3.8) is 0 Å². The Balaban J connectivity index is 2.00. The molecule has 19 heavy (non-hydrogen) atoms. The molecular formula is C14H14BrClN2O. The smallest absolute Gasteiger partial charge is 0.213 e. The standard InChI is InChI=1S/C14H14BrClN2O/c1-2-19-14-6-4-12(9-18-14)17-8-10-7-11(15)3-5-13(10)16/h3-7,9,17H,2,8H2,1H3. The first kappa shape index (κ1) is 14.2. The lowest BCUT2D eigenvalue weighted by Gasteiger charge is -2.09. The molecule has 0 radical (unpaired) electrons. The second-order valence-corrected chi connectivity index (χ2v) is 5.23. The number of aromatic nitrogens is 1. The molecule has 0 fully saturated rings. The molecule has 1 heterocycles. The van der Waals surface area contributed by atoms with Crippen molar-refractivity contribution in [1.82, 2.24) is 4.98 Å². The monoisotopic (exact) mass is 340 g/mol. The van der Waals surface area contributed by atoms with Gasteiger partial charge >= 0.3 is 0 Å². The molecule has 1 aromatic carbocycles. The third kappa shape index (κ3) is 4.11. The number of hydrogen-bond acceptors (Lipinski definition) is 3. The zero-order valence-corrected chi connectivity index (χ0v) is 12.8. The number of ether oxygens (including phenoxy) is 1. The van der Waals surface area contributed by atoms with Crippen LogP contribution in [-0.4, -0.2) is 11.6 Å². The van der Waals surface area contributed by atoms with Gasteiger partial charge in [-0.15, -0.1) is 0 Å². The van der Waals surface area contributed by atoms with Crippen molar-refractivity contribution in [2.24, 2.45) is 0 Å². The van der Waals surface area contributed by atoms with Gasteiger partial charge in [0.1, 0.15) is 0 Å². The van der Waals surface area contributed by atoms with Crippen LogP contribution in [0.2, 0.25) is 5.02 Å². The van der Waals surface area contributed by atoms with E-state index < -0.39 is 0 Å². The Hall–Kier alpha value is -1.26. The normalized spacial score (nSPS) is 10.3. The van der Waals surface area contributed by atoms with E-state index in [0.717, 1.165) is 20.7 Å². The van der Waals surface area contributed by atoms with Crippen molar-refractivity contribution in [2.45, 2.75) is 13.5 Å². The van der Waals surface area contributed by atoms with Crippen LogP contribution in [0.15, 0.2) is 41.0 Å². The van der Waals surface area contributed by atoms with Gasteiger partial charge in [-0.1, -0.05) is 27.5 Å². The molecule has 2 rings (SSSR count). The number of hydrogen-bond donors (Lipinski definition) is 1. The van der Waals surface area contributed by atoms with Crippen molar-refractivity contribution >= 4 is 33.2 Å². The lowest BCUT2D eigenvalue weighted by atomic mass is 10.2. The van der Waals surface area contributed by atoms with Gasteiger partial charge in [0, 0.05) is 22.1 Å². The summed E-state index contributed by atoms with van der Waals surface area (Å²) in [5.41, 5.74) is 1.96. The predicted octanol–water partition coefficient (Wildman–Crippen LogP) is 4.51. The van der Waals surface area contributed by atoms with E-state index in [2.05, 4.69) is 26.2 Å². The van der Waals surface area contributed by atoms with Crippen LogP contribution >= 0.6 is 27.5 Å². The third-order valence-corrected chi connectivity index (χ3v) is 3.38. The van der Waals surface area contributed by atoms with E-state index in [9.17, 15) is 0 Å². The Bertz CT molecular complexity index is 546. The van der Waals surface area contributed by atoms with Crippen LogP contribution in [0.1, 0.15) is 12.5 Å². The maximum atomic E-state index is 6.13. The number of nitrogens with one attached hydrogen (secondary N) is 1. The number of nitrogens with zero attached hydrogens (tertiary/aromatic N) is 1. The lowest BCUT2D eigenvalue weighted by Crippen LogP contribution is -2.01. The highest BCUT2D eigenvalue weighted by Crippen LogP contribution is 2.22. The van der Waals surface area contributed by atoms with Crippen molar-refractivity contribution in [3.05, 3.63) is 51.6 Å². The van der Waals surface area contributed by atoms with E-state index in [-0.39, 0.29) is 0 Å². The molecule has 2 aromatic rings. The first-order chi connectivity index (χ1) is 9.19. The summed E-state index contributed by atoms with van der Waals surface area (Å²) in [5.74, 6) is 0.633. The number of benzene rings is 1. The molecule has 0 unspecified atom stereocenters. The van der Waals surface area contributed by atoms with E-state index in [4.69, 9.17) is 16.3 Å². The Labute approximate surface area is 126 Å². The zero-order chi connectivity index (χ0) is 13.7. The zero-order valence-electron chi connectivity index (χ0n) is 10.5. The fourth-order valence-corrected chi connectivity index (χ4v) is 2.19. The van der Waals surface area contributed by atoms with Crippen LogP contribution in [0, 0.1) is 0 Å². The molecule has 1 N–H and O–H groups in total. The van der Waals surface area contributed by atoms with Crippen LogP contribution in [0.5, 0.6) is 5.88 Å². The van der Waals surface area contributed by atoms with Gasteiger partial charge in [-0.3, -0.25) is 0 Å². The Morgan fingerprint density at radius 2 is 2.16 bits per heavy atom. The van der Waals surface area contributed by atoms with E-state index in [1.807, 2.05) is 37.3 Å². The highest BCUT2D eigenvalue weighted by atomic mass is 79.9. The fraction of sp³-hybridized carbons (Fsp3) is 0.214. The van der Waals surface area contributed by atoms with Crippen molar-refractivity contribution in [2.75, 3.05) is 11.9 Å². The second-order valence-electron chi connectivity index (χ2n) is 3.91. The van der Waals surface area contributed by atoms with E-state index in [1.54, 1.807) is 6.20 Å². The summed E-state index contributed by atoms with van der Waals surface area (Å²) in [6, 6.07) is 9.57. The van der Waals surface area contributed by atoms with Gasteiger partial charge in [0.15, 0.2) is 0 Å². The van der Waals surface area contributed by atoms with Crippen LogP contribution in [0.3, 0.4) is 0 Å². The number of pyridine rings is 1. The Morgan fingerprint density at radius 1 is 1.32 bits per heavy atom. The maximum absolute atomic E-state index is 6.13. The molecule has 5 heteroatoms. The molecule has 0 amide bonds. The van der Waals surface area contributed by atoms with E-state index >= 15 is 0 Å². The number of rotatable bonds is 5. The van der Waals surface area contributed by atoms with Crippen molar-refractivity contribution < 1.29 is 4.74 Å². The SMILES string of the molecule is CCOc1ccc(NCc2cc(Br)ccc2Cl)cn1. The van der Waals surface area contributed by atoms with Crippen molar-refractivity contribution in [1.29, 1.82) is 0 Å². The molecule has 0 atom stereocenters. The lowest BCUT2D eigenvalue weighted by molar-refractivity contribution is 0.327. The maximum Gasteiger partial charge on any atom is 0.213 e. The summed E-state index contributed by atoms with van der Waals surface area (Å²) in [6.45, 7) is 3.20. The van der Waals surface area contributed by atoms with Crippen LogP contribution in [-0.2, 0) is 6.54 Å². The highest BCUT2D eigenvalue weighted by Gasteiger charge is 2.02. The Morgan fingerprint density at radius 3 is 2.84 bits per heavy atom. The first-order valence-electron chi connectivity index (χ1n) is 5.95. The topological polar surface area (TPSA) is 34.1 Å². The fourth-order valence-electron chi connectivity index (χ4n) is 1.59. The summed E-state index contributed by atoms with van der Waals surface area (Å²) in [4.78, 5) is 4.19. The molecule has 3 nitrogen and oxygen atoms in total. The van der Waals surface area contributed by atoms with Crippen LogP contribution in [0.25, 0.3) is 0 Å². The van der Waals surface area contributed by atoms with Gasteiger partial charge in [0.2, 0.25) is 5.88 Å². The van der Waals surface area contributed by atoms with Gasteiger partial charge in [0.25, 0.3) is 0 Å². The summed E-state index contributed by atoms with van der Waals surface area (Å²) in [6.07, 6.45) is 1.75. The summed E-state index contributed by atoms with van der Waals surface area (Å²) in [5, 5.41) is 4.02. The molecule has 0 aliphatic rings. The van der Waals surface area contributed by atoms with Crippen LogP contribution < -0.4 is 10.1 Å². The molecule has 0 bridgehead atoms. The predicted molar refractivity (Wildman–Crippen MR) is 81.9 cm³/mol. The van der Waals surface area contributed by atoms with Gasteiger partial charge < -0.3 is 10.1 Å². The Kier molecular flexibility index (Phi) is 5.05. The van der Waals surface area contributed by atoms with Gasteiger partial charge in [-0.25, -0.2) is 4.98 Å². The first-order valence-corrected chi connectivity index (χ1v) is 7.13. The minimum absolute atomic E-state index is 0.618. The quantitative estimate of drug-likeness (QED) is 0.869. The van der Waals surface area contributed by atoms with Gasteiger partial charge in [-0.05, 0) is 36.8 Å². The molecule has 0 aliphatic heterocycles. The summed E-state index contributed by atoms with van der Waals surface area (Å²) >= 11 is 9.57. The summed E-state index contributed by atoms with van der Waals surface area (Å²) < 4.78 is 6.30. The van der Waals surface area contributed by atoms with Gasteiger partial charge in [-0.2, -0.15) is 0 Å². The summed E-state index contributed by atoms with van der Waals surface area (Å²) in [7, 11) is 0. The van der Waals surface area contributed by atoms with Crippen molar-refractivity contribution in [3.8, 4) is 5.88 Å². The van der Waals surface area contributed by atoms with Gasteiger partial charge in [0.05, 0.1) is 18.5 Å². The molecule has 1 aromatic heterocycles. The average molecular weight is 342 g/mol. The third-order valence-electron chi connectivity index (χ3n) is 2.52. The van der Waals surface area contributed by atoms with Crippen LogP contribution in [0.4, 0.5) is 5.69 Å². The molecule has 0 spiro atoms. The molecule has 100 valence electrons. The highest BCUT2D eigenvalue weighted by molar-refractivity contribution is 9.10. The number of anilines is 1. The second kappa shape index (κ2) is 6.78. The van der Waals surface area contributed by atoms with E-state index in [0.29, 0.717) is 19.0 Å². The molecule has 0 saturated heterocycles. The molecule has 0 aliphatic carbocycles. The number of halogens is 2. The molecule has 0 saturated carbocycles. The largest absolute Gasteiger partial charge is 0.478 e. The average Bonchev–Trinajstić information content (AvgIpc) is 2.42. The van der Waals surface area contributed by atoms with E-state index in [1.165, 1.54) is 0 Å². The minimum Gasteiger partial charge on any atom is -0.478 e. The minimum atomic E-state index is 0.618.